The molecule has 92 valence electrons. The number of halogens is 3. The van der Waals surface area contributed by atoms with Crippen molar-refractivity contribution < 1.29 is 17.9 Å². The zero-order valence-corrected chi connectivity index (χ0v) is 9.83. The smallest absolute Gasteiger partial charge is 0.385 e. The zero-order valence-electron chi connectivity index (χ0n) is 9.01. The molecule has 0 saturated carbocycles. The molecular formula is C9H18F3NOS. The van der Waals surface area contributed by atoms with Crippen molar-refractivity contribution in [3.63, 3.8) is 0 Å². The Kier molecular flexibility index (Phi) is 7.38. The van der Waals surface area contributed by atoms with Crippen molar-refractivity contribution in [1.82, 2.24) is 0 Å². The predicted octanol–water partition coefficient (Wildman–Crippen LogP) is 2.42. The molecule has 0 spiro atoms. The van der Waals surface area contributed by atoms with Gasteiger partial charge in [0.15, 0.2) is 0 Å². The van der Waals surface area contributed by atoms with Crippen molar-refractivity contribution in [2.75, 3.05) is 19.5 Å². The van der Waals surface area contributed by atoms with Gasteiger partial charge in [-0.3, -0.25) is 0 Å². The molecule has 0 aliphatic carbocycles. The first-order chi connectivity index (χ1) is 6.93. The molecule has 0 rings (SSSR count). The molecule has 0 aromatic carbocycles. The molecular weight excluding hydrogens is 227 g/mol. The van der Waals surface area contributed by atoms with Crippen LogP contribution in [0.3, 0.4) is 0 Å². The van der Waals surface area contributed by atoms with E-state index in [1.54, 1.807) is 6.92 Å². The Morgan fingerprint density at radius 3 is 2.40 bits per heavy atom. The van der Waals surface area contributed by atoms with Gasteiger partial charge in [0.1, 0.15) is 5.25 Å². The van der Waals surface area contributed by atoms with Gasteiger partial charge in [-0.1, -0.05) is 6.92 Å². The number of methoxy groups -OCH3 is 1. The maximum Gasteiger partial charge on any atom is 0.402 e. The molecule has 2 N–H and O–H groups in total. The Morgan fingerprint density at radius 2 is 2.00 bits per heavy atom. The first kappa shape index (κ1) is 15.1. The minimum Gasteiger partial charge on any atom is -0.385 e. The Bertz CT molecular complexity index is 166. The van der Waals surface area contributed by atoms with Gasteiger partial charge in [0, 0.05) is 19.8 Å². The number of alkyl halides is 3. The van der Waals surface area contributed by atoms with Crippen LogP contribution in [0.4, 0.5) is 13.2 Å². The number of hydrogen-bond donors (Lipinski definition) is 1. The van der Waals surface area contributed by atoms with Crippen molar-refractivity contribution in [2.45, 2.75) is 37.2 Å². The van der Waals surface area contributed by atoms with Crippen molar-refractivity contribution in [3.05, 3.63) is 0 Å². The van der Waals surface area contributed by atoms with Gasteiger partial charge in [-0.05, 0) is 18.6 Å². The zero-order chi connectivity index (χ0) is 11.9. The van der Waals surface area contributed by atoms with Crippen LogP contribution in [0.1, 0.15) is 19.8 Å². The number of nitrogens with two attached hydrogens (primary N) is 1. The van der Waals surface area contributed by atoms with Crippen molar-refractivity contribution in [3.8, 4) is 0 Å². The van der Waals surface area contributed by atoms with Gasteiger partial charge in [-0.15, -0.1) is 11.8 Å². The van der Waals surface area contributed by atoms with Gasteiger partial charge < -0.3 is 10.5 Å². The van der Waals surface area contributed by atoms with Crippen LogP contribution in [-0.4, -0.2) is 36.9 Å². The number of ether oxygens (including phenoxy) is 1. The molecule has 0 radical (unpaired) electrons. The SMILES string of the molecule is CCC(N)C(SCCCOC)C(F)(F)F. The highest BCUT2D eigenvalue weighted by molar-refractivity contribution is 8.00. The summed E-state index contributed by atoms with van der Waals surface area (Å²) in [5, 5.41) is -1.46. The first-order valence-corrected chi connectivity index (χ1v) is 5.91. The van der Waals surface area contributed by atoms with E-state index < -0.39 is 17.5 Å². The standard InChI is InChI=1S/C9H18F3NOS/c1-3-7(13)8(9(10,11)12)15-6-4-5-14-2/h7-8H,3-6,13H2,1-2H3. The second kappa shape index (κ2) is 7.35. The van der Waals surface area contributed by atoms with E-state index in [-0.39, 0.29) is 0 Å². The van der Waals surface area contributed by atoms with Crippen LogP contribution in [0.15, 0.2) is 0 Å². The average molecular weight is 245 g/mol. The molecule has 0 fully saturated rings. The van der Waals surface area contributed by atoms with Crippen LogP contribution in [-0.2, 0) is 4.74 Å². The second-order valence-electron chi connectivity index (χ2n) is 3.25. The van der Waals surface area contributed by atoms with Crippen LogP contribution in [0.2, 0.25) is 0 Å². The molecule has 0 heterocycles. The lowest BCUT2D eigenvalue weighted by Gasteiger charge is -2.24. The fourth-order valence-electron chi connectivity index (χ4n) is 1.09. The number of rotatable bonds is 7. The molecule has 2 nitrogen and oxygen atoms in total. The minimum absolute atomic E-state index is 0.335. The van der Waals surface area contributed by atoms with Crippen LogP contribution in [0.25, 0.3) is 0 Å². The molecule has 0 aromatic heterocycles. The number of thioether (sulfide) groups is 1. The lowest BCUT2D eigenvalue weighted by Crippen LogP contribution is -2.42. The van der Waals surface area contributed by atoms with Gasteiger partial charge in [0.2, 0.25) is 0 Å². The Balaban J connectivity index is 4.03. The van der Waals surface area contributed by atoms with E-state index >= 15 is 0 Å². The molecule has 0 amide bonds. The maximum absolute atomic E-state index is 12.5. The fraction of sp³-hybridized carbons (Fsp3) is 1.00. The summed E-state index contributed by atoms with van der Waals surface area (Å²) in [4.78, 5) is 0. The lowest BCUT2D eigenvalue weighted by atomic mass is 10.1. The van der Waals surface area contributed by atoms with Crippen molar-refractivity contribution in [2.24, 2.45) is 5.73 Å². The quantitative estimate of drug-likeness (QED) is 0.700. The molecule has 2 unspecified atom stereocenters. The summed E-state index contributed by atoms with van der Waals surface area (Å²) < 4.78 is 42.4. The van der Waals surface area contributed by atoms with Gasteiger partial charge in [0.05, 0.1) is 0 Å². The van der Waals surface area contributed by atoms with Crippen LogP contribution in [0, 0.1) is 0 Å². The lowest BCUT2D eigenvalue weighted by molar-refractivity contribution is -0.132. The van der Waals surface area contributed by atoms with Gasteiger partial charge >= 0.3 is 6.18 Å². The van der Waals surface area contributed by atoms with E-state index in [4.69, 9.17) is 10.5 Å². The van der Waals surface area contributed by atoms with E-state index in [1.807, 2.05) is 0 Å². The van der Waals surface area contributed by atoms with Crippen LogP contribution >= 0.6 is 11.8 Å². The van der Waals surface area contributed by atoms with E-state index in [0.717, 1.165) is 11.8 Å². The summed E-state index contributed by atoms with van der Waals surface area (Å²) >= 11 is 0.871. The van der Waals surface area contributed by atoms with Crippen molar-refractivity contribution >= 4 is 11.8 Å². The van der Waals surface area contributed by atoms with Gasteiger partial charge in [-0.2, -0.15) is 13.2 Å². The Labute approximate surface area is 92.7 Å². The van der Waals surface area contributed by atoms with E-state index in [0.29, 0.717) is 25.2 Å². The van der Waals surface area contributed by atoms with E-state index in [1.165, 1.54) is 7.11 Å². The topological polar surface area (TPSA) is 35.2 Å². The van der Waals surface area contributed by atoms with Crippen LogP contribution < -0.4 is 5.73 Å². The highest BCUT2D eigenvalue weighted by Crippen LogP contribution is 2.33. The third-order valence-corrected chi connectivity index (χ3v) is 3.47. The second-order valence-corrected chi connectivity index (χ2v) is 4.50. The molecule has 0 saturated heterocycles. The molecule has 6 heteroatoms. The Hall–Kier alpha value is 0.0600. The minimum atomic E-state index is -4.22. The van der Waals surface area contributed by atoms with E-state index in [9.17, 15) is 13.2 Å². The summed E-state index contributed by atoms with van der Waals surface area (Å²) in [6.45, 7) is 2.15. The summed E-state index contributed by atoms with van der Waals surface area (Å²) in [6, 6.07) is -0.822. The molecule has 2 atom stereocenters. The predicted molar refractivity (Wildman–Crippen MR) is 57.1 cm³/mol. The summed E-state index contributed by atoms with van der Waals surface area (Å²) in [7, 11) is 1.53. The normalized spacial score (nSPS) is 16.4. The first-order valence-electron chi connectivity index (χ1n) is 4.86. The molecule has 0 bridgehead atoms. The Morgan fingerprint density at radius 1 is 1.40 bits per heavy atom. The van der Waals surface area contributed by atoms with Crippen molar-refractivity contribution in [1.29, 1.82) is 0 Å². The maximum atomic E-state index is 12.5. The molecule has 0 aliphatic rings. The van der Waals surface area contributed by atoms with Crippen LogP contribution in [0.5, 0.6) is 0 Å². The van der Waals surface area contributed by atoms with Gasteiger partial charge in [-0.25, -0.2) is 0 Å². The third-order valence-electron chi connectivity index (χ3n) is 1.97. The van der Waals surface area contributed by atoms with Gasteiger partial charge in [0.25, 0.3) is 0 Å². The molecule has 15 heavy (non-hydrogen) atoms. The summed E-state index contributed by atoms with van der Waals surface area (Å²) in [5.41, 5.74) is 5.45. The molecule has 0 aromatic rings. The monoisotopic (exact) mass is 245 g/mol. The van der Waals surface area contributed by atoms with E-state index in [2.05, 4.69) is 0 Å². The summed E-state index contributed by atoms with van der Waals surface area (Å²) in [5.74, 6) is 0.422. The highest BCUT2D eigenvalue weighted by atomic mass is 32.2. The fourth-order valence-corrected chi connectivity index (χ4v) is 2.26. The summed E-state index contributed by atoms with van der Waals surface area (Å²) in [6.07, 6.45) is -3.27. The number of hydrogen-bond acceptors (Lipinski definition) is 3. The third kappa shape index (κ3) is 6.27. The largest absolute Gasteiger partial charge is 0.402 e. The highest BCUT2D eigenvalue weighted by Gasteiger charge is 2.42. The molecule has 0 aliphatic heterocycles. The average Bonchev–Trinajstić information content (AvgIpc) is 2.15.